The molecule has 2 aliphatic rings. The van der Waals surface area contributed by atoms with Crippen LogP contribution in [0.2, 0.25) is 0 Å². The standard InChI is InChI=1S/C16H31N3O3/c1-16(2,3)22-15(21)19-10-13(14(20)11-19)18(5)12-6-8-17(4)9-7-12/h12-14,20H,6-11H2,1-5H3/t13-,14-/m1/s1. The highest BCUT2D eigenvalue weighted by Gasteiger charge is 2.40. The Balaban J connectivity index is 1.91. The molecule has 0 radical (unpaired) electrons. The molecule has 0 aromatic heterocycles. The number of rotatable bonds is 2. The van der Waals surface area contributed by atoms with Crippen molar-refractivity contribution in [2.75, 3.05) is 40.3 Å². The predicted octanol–water partition coefficient (Wildman–Crippen LogP) is 0.993. The van der Waals surface area contributed by atoms with Gasteiger partial charge in [0.15, 0.2) is 0 Å². The lowest BCUT2D eigenvalue weighted by atomic mass is 10.0. The zero-order valence-corrected chi connectivity index (χ0v) is 14.6. The van der Waals surface area contributed by atoms with Crippen LogP contribution in [-0.2, 0) is 4.74 Å². The van der Waals surface area contributed by atoms with E-state index in [0.29, 0.717) is 19.1 Å². The van der Waals surface area contributed by atoms with Crippen LogP contribution in [0.15, 0.2) is 0 Å². The lowest BCUT2D eigenvalue weighted by Gasteiger charge is -2.38. The van der Waals surface area contributed by atoms with Crippen LogP contribution in [0.1, 0.15) is 33.6 Å². The average molecular weight is 313 g/mol. The zero-order valence-electron chi connectivity index (χ0n) is 14.6. The Bertz CT molecular complexity index is 389. The van der Waals surface area contributed by atoms with Gasteiger partial charge in [-0.25, -0.2) is 4.79 Å². The van der Waals surface area contributed by atoms with E-state index in [4.69, 9.17) is 4.74 Å². The molecule has 128 valence electrons. The number of ether oxygens (including phenoxy) is 1. The fraction of sp³-hybridized carbons (Fsp3) is 0.938. The van der Waals surface area contributed by atoms with E-state index in [0.717, 1.165) is 25.9 Å². The monoisotopic (exact) mass is 313 g/mol. The van der Waals surface area contributed by atoms with Crippen molar-refractivity contribution < 1.29 is 14.6 Å². The number of amides is 1. The number of aliphatic hydroxyl groups is 1. The number of hydrogen-bond donors (Lipinski definition) is 1. The highest BCUT2D eigenvalue weighted by atomic mass is 16.6. The van der Waals surface area contributed by atoms with E-state index in [1.54, 1.807) is 4.90 Å². The van der Waals surface area contributed by atoms with Crippen LogP contribution in [-0.4, -0.2) is 90.0 Å². The second kappa shape index (κ2) is 6.72. The molecule has 2 fully saturated rings. The van der Waals surface area contributed by atoms with Gasteiger partial charge in [-0.2, -0.15) is 0 Å². The molecule has 2 aliphatic heterocycles. The Morgan fingerprint density at radius 3 is 2.36 bits per heavy atom. The number of likely N-dealkylation sites (tertiary alicyclic amines) is 2. The third kappa shape index (κ3) is 4.33. The first-order valence-electron chi connectivity index (χ1n) is 8.24. The summed E-state index contributed by atoms with van der Waals surface area (Å²) in [4.78, 5) is 18.4. The molecule has 6 heteroatoms. The lowest BCUT2D eigenvalue weighted by Crippen LogP contribution is -2.50. The fourth-order valence-electron chi connectivity index (χ4n) is 3.32. The van der Waals surface area contributed by atoms with Crippen LogP contribution in [0.25, 0.3) is 0 Å². The molecule has 0 aromatic rings. The van der Waals surface area contributed by atoms with E-state index in [-0.39, 0.29) is 12.1 Å². The van der Waals surface area contributed by atoms with Gasteiger partial charge in [-0.05, 0) is 60.8 Å². The molecule has 0 saturated carbocycles. The fourth-order valence-corrected chi connectivity index (χ4v) is 3.32. The highest BCUT2D eigenvalue weighted by molar-refractivity contribution is 5.68. The van der Waals surface area contributed by atoms with Gasteiger partial charge in [0.05, 0.1) is 18.7 Å². The number of hydrogen-bond acceptors (Lipinski definition) is 5. The molecule has 1 amide bonds. The highest BCUT2D eigenvalue weighted by Crippen LogP contribution is 2.23. The second-order valence-electron chi connectivity index (χ2n) is 7.72. The molecule has 0 aliphatic carbocycles. The van der Waals surface area contributed by atoms with Crippen LogP contribution < -0.4 is 0 Å². The van der Waals surface area contributed by atoms with Gasteiger partial charge in [-0.3, -0.25) is 4.90 Å². The summed E-state index contributed by atoms with van der Waals surface area (Å²) in [6, 6.07) is 0.482. The van der Waals surface area contributed by atoms with Gasteiger partial charge in [-0.1, -0.05) is 0 Å². The summed E-state index contributed by atoms with van der Waals surface area (Å²) in [6.07, 6.45) is 1.40. The van der Waals surface area contributed by atoms with Crippen molar-refractivity contribution in [2.24, 2.45) is 0 Å². The van der Waals surface area contributed by atoms with Crippen molar-refractivity contribution in [3.63, 3.8) is 0 Å². The maximum atomic E-state index is 12.2. The Morgan fingerprint density at radius 2 is 1.82 bits per heavy atom. The van der Waals surface area contributed by atoms with Crippen molar-refractivity contribution >= 4 is 6.09 Å². The summed E-state index contributed by atoms with van der Waals surface area (Å²) in [7, 11) is 4.22. The van der Waals surface area contributed by atoms with E-state index in [1.165, 1.54) is 0 Å². The summed E-state index contributed by atoms with van der Waals surface area (Å²) in [6.45, 7) is 8.66. The molecule has 0 bridgehead atoms. The van der Waals surface area contributed by atoms with Gasteiger partial charge >= 0.3 is 6.09 Å². The van der Waals surface area contributed by atoms with Crippen molar-refractivity contribution in [3.05, 3.63) is 0 Å². The van der Waals surface area contributed by atoms with Gasteiger partial charge in [0.2, 0.25) is 0 Å². The summed E-state index contributed by atoms with van der Waals surface area (Å²) in [5.74, 6) is 0. The van der Waals surface area contributed by atoms with Crippen molar-refractivity contribution in [3.8, 4) is 0 Å². The van der Waals surface area contributed by atoms with E-state index in [9.17, 15) is 9.90 Å². The predicted molar refractivity (Wildman–Crippen MR) is 85.9 cm³/mol. The molecular weight excluding hydrogens is 282 g/mol. The first-order valence-corrected chi connectivity index (χ1v) is 8.24. The van der Waals surface area contributed by atoms with Gasteiger partial charge < -0.3 is 19.6 Å². The Hall–Kier alpha value is -0.850. The summed E-state index contributed by atoms with van der Waals surface area (Å²) in [5, 5.41) is 10.4. The summed E-state index contributed by atoms with van der Waals surface area (Å²) in [5.41, 5.74) is -0.500. The average Bonchev–Trinajstić information content (AvgIpc) is 2.79. The van der Waals surface area contributed by atoms with E-state index in [1.807, 2.05) is 20.8 Å². The second-order valence-corrected chi connectivity index (χ2v) is 7.72. The minimum Gasteiger partial charge on any atom is -0.444 e. The molecule has 2 atom stereocenters. The van der Waals surface area contributed by atoms with Gasteiger partial charge in [-0.15, -0.1) is 0 Å². The van der Waals surface area contributed by atoms with E-state index >= 15 is 0 Å². The Morgan fingerprint density at radius 1 is 1.23 bits per heavy atom. The summed E-state index contributed by atoms with van der Waals surface area (Å²) < 4.78 is 5.41. The minimum absolute atomic E-state index is 0.000856. The van der Waals surface area contributed by atoms with Crippen molar-refractivity contribution in [2.45, 2.75) is 57.4 Å². The van der Waals surface area contributed by atoms with Crippen molar-refractivity contribution in [1.82, 2.24) is 14.7 Å². The maximum Gasteiger partial charge on any atom is 0.410 e. The summed E-state index contributed by atoms with van der Waals surface area (Å²) >= 11 is 0. The first-order chi connectivity index (χ1) is 10.2. The first kappa shape index (κ1) is 17.5. The topological polar surface area (TPSA) is 56.2 Å². The number of aliphatic hydroxyl groups excluding tert-OH is 1. The van der Waals surface area contributed by atoms with Crippen LogP contribution in [0.5, 0.6) is 0 Å². The number of carbonyl (C=O) groups excluding carboxylic acids is 1. The van der Waals surface area contributed by atoms with E-state index < -0.39 is 11.7 Å². The lowest BCUT2D eigenvalue weighted by molar-refractivity contribution is 0.0268. The molecule has 6 nitrogen and oxygen atoms in total. The molecule has 2 saturated heterocycles. The van der Waals surface area contributed by atoms with E-state index in [2.05, 4.69) is 23.9 Å². The molecule has 0 spiro atoms. The number of piperidine rings is 1. The molecule has 1 N–H and O–H groups in total. The van der Waals surface area contributed by atoms with Gasteiger partial charge in [0.25, 0.3) is 0 Å². The van der Waals surface area contributed by atoms with Gasteiger partial charge in [0.1, 0.15) is 5.60 Å². The van der Waals surface area contributed by atoms with Crippen LogP contribution in [0.4, 0.5) is 4.79 Å². The number of β-amino-alcohol motifs (C(OH)–C–C–N with tert-alkyl or cyclic N) is 1. The third-order valence-electron chi connectivity index (χ3n) is 4.70. The normalized spacial score (nSPS) is 28.4. The third-order valence-corrected chi connectivity index (χ3v) is 4.70. The molecule has 0 aromatic carbocycles. The van der Waals surface area contributed by atoms with Gasteiger partial charge in [0, 0.05) is 12.6 Å². The number of likely N-dealkylation sites (N-methyl/N-ethyl adjacent to an activating group) is 1. The molecule has 0 unspecified atom stereocenters. The Labute approximate surface area is 134 Å². The van der Waals surface area contributed by atoms with Crippen LogP contribution in [0, 0.1) is 0 Å². The minimum atomic E-state index is -0.503. The molecular formula is C16H31N3O3. The number of nitrogens with zero attached hydrogens (tertiary/aromatic N) is 3. The molecule has 2 rings (SSSR count). The molecule has 2 heterocycles. The smallest absolute Gasteiger partial charge is 0.410 e. The number of carbonyl (C=O) groups is 1. The SMILES string of the molecule is CN1CCC(N(C)[C@@H]2CN(C(=O)OC(C)(C)C)C[C@H]2O)CC1. The molecule has 22 heavy (non-hydrogen) atoms. The Kier molecular flexibility index (Phi) is 5.35. The maximum absolute atomic E-state index is 12.2. The zero-order chi connectivity index (χ0) is 16.5. The largest absolute Gasteiger partial charge is 0.444 e. The van der Waals surface area contributed by atoms with Crippen LogP contribution in [0.3, 0.4) is 0 Å². The van der Waals surface area contributed by atoms with Crippen LogP contribution >= 0.6 is 0 Å². The quantitative estimate of drug-likeness (QED) is 0.824. The van der Waals surface area contributed by atoms with Crippen molar-refractivity contribution in [1.29, 1.82) is 0 Å².